The fourth-order valence-electron chi connectivity index (χ4n) is 2.23. The number of pyridine rings is 1. The van der Waals surface area contributed by atoms with Crippen LogP contribution < -0.4 is 9.47 Å². The summed E-state index contributed by atoms with van der Waals surface area (Å²) in [5.41, 5.74) is 0.261. The molecule has 0 aliphatic heterocycles. The zero-order valence-corrected chi connectivity index (χ0v) is 14.9. The molecule has 2 aromatic rings. The Labute approximate surface area is 158 Å². The van der Waals surface area contributed by atoms with Crippen molar-refractivity contribution in [3.8, 4) is 11.5 Å². The zero-order chi connectivity index (χ0) is 20.7. The molecule has 10 heteroatoms. The van der Waals surface area contributed by atoms with Crippen molar-refractivity contribution < 1.29 is 32.7 Å². The standard InChI is InChI=1S/C18H16F2N2O6/c1-3-27-17(23)13-9-12(22(24)25)10-21-14(13)6-4-11-5-7-15(28-18(19)20)16(8-11)26-2/h4-10,18H,3H2,1-2H3. The van der Waals surface area contributed by atoms with Crippen molar-refractivity contribution in [3.63, 3.8) is 0 Å². The van der Waals surface area contributed by atoms with Crippen LogP contribution in [0, 0.1) is 10.1 Å². The SMILES string of the molecule is CCOC(=O)c1cc([N+](=O)[O-])cnc1C=Cc1ccc(OC(F)F)c(OC)c1. The molecule has 0 bridgehead atoms. The van der Waals surface area contributed by atoms with Crippen LogP contribution in [0.4, 0.5) is 14.5 Å². The van der Waals surface area contributed by atoms with Crippen molar-refractivity contribution in [3.05, 3.63) is 57.4 Å². The highest BCUT2D eigenvalue weighted by atomic mass is 19.3. The summed E-state index contributed by atoms with van der Waals surface area (Å²) in [5, 5.41) is 10.9. The van der Waals surface area contributed by atoms with Crippen LogP contribution >= 0.6 is 0 Å². The summed E-state index contributed by atoms with van der Waals surface area (Å²) in [6.07, 6.45) is 3.99. The highest BCUT2D eigenvalue weighted by molar-refractivity contribution is 5.94. The zero-order valence-electron chi connectivity index (χ0n) is 14.9. The van der Waals surface area contributed by atoms with Gasteiger partial charge in [0.15, 0.2) is 11.5 Å². The molecule has 0 unspecified atom stereocenters. The van der Waals surface area contributed by atoms with Gasteiger partial charge in [-0.1, -0.05) is 12.1 Å². The molecule has 0 aliphatic rings. The molecule has 0 radical (unpaired) electrons. The van der Waals surface area contributed by atoms with Crippen LogP contribution in [-0.4, -0.2) is 36.2 Å². The minimum absolute atomic E-state index is 0.0723. The van der Waals surface area contributed by atoms with E-state index in [1.54, 1.807) is 6.92 Å². The first kappa shape index (κ1) is 20.7. The van der Waals surface area contributed by atoms with E-state index in [0.717, 1.165) is 12.3 Å². The highest BCUT2D eigenvalue weighted by Crippen LogP contribution is 2.30. The smallest absolute Gasteiger partial charge is 0.387 e. The van der Waals surface area contributed by atoms with Crippen LogP contribution in [-0.2, 0) is 4.74 Å². The number of aromatic nitrogens is 1. The second-order valence-electron chi connectivity index (χ2n) is 5.23. The van der Waals surface area contributed by atoms with Crippen molar-refractivity contribution >= 4 is 23.8 Å². The molecule has 0 N–H and O–H groups in total. The van der Waals surface area contributed by atoms with E-state index in [2.05, 4.69) is 9.72 Å². The molecule has 1 heterocycles. The molecule has 0 saturated heterocycles. The predicted molar refractivity (Wildman–Crippen MR) is 95.4 cm³/mol. The molecule has 0 saturated carbocycles. The van der Waals surface area contributed by atoms with Gasteiger partial charge in [-0.15, -0.1) is 0 Å². The summed E-state index contributed by atoms with van der Waals surface area (Å²) < 4.78 is 39.0. The van der Waals surface area contributed by atoms with Gasteiger partial charge >= 0.3 is 12.6 Å². The van der Waals surface area contributed by atoms with Gasteiger partial charge in [-0.2, -0.15) is 8.78 Å². The molecular formula is C18H16F2N2O6. The number of hydrogen-bond acceptors (Lipinski definition) is 7. The molecular weight excluding hydrogens is 378 g/mol. The third kappa shape index (κ3) is 5.22. The number of nitrogens with zero attached hydrogens (tertiary/aromatic N) is 2. The van der Waals surface area contributed by atoms with Crippen LogP contribution in [0.3, 0.4) is 0 Å². The molecule has 1 aromatic carbocycles. The van der Waals surface area contributed by atoms with Gasteiger partial charge in [0.1, 0.15) is 6.20 Å². The van der Waals surface area contributed by atoms with Gasteiger partial charge in [-0.3, -0.25) is 10.1 Å². The number of carbonyl (C=O) groups is 1. The van der Waals surface area contributed by atoms with E-state index in [-0.39, 0.29) is 35.1 Å². The molecule has 0 aliphatic carbocycles. The Morgan fingerprint density at radius 3 is 2.64 bits per heavy atom. The minimum atomic E-state index is -2.99. The van der Waals surface area contributed by atoms with Crippen molar-refractivity contribution in [2.75, 3.05) is 13.7 Å². The van der Waals surface area contributed by atoms with Crippen molar-refractivity contribution in [2.45, 2.75) is 13.5 Å². The second-order valence-corrected chi connectivity index (χ2v) is 5.23. The van der Waals surface area contributed by atoms with Gasteiger partial charge in [0.25, 0.3) is 5.69 Å². The minimum Gasteiger partial charge on any atom is -0.493 e. The lowest BCUT2D eigenvalue weighted by Crippen LogP contribution is -2.08. The van der Waals surface area contributed by atoms with Crippen LogP contribution in [0.25, 0.3) is 12.2 Å². The quantitative estimate of drug-likeness (QED) is 0.380. The lowest BCUT2D eigenvalue weighted by molar-refractivity contribution is -0.385. The summed E-state index contributed by atoms with van der Waals surface area (Å²) >= 11 is 0. The maximum absolute atomic E-state index is 12.4. The van der Waals surface area contributed by atoms with E-state index in [0.29, 0.717) is 5.56 Å². The van der Waals surface area contributed by atoms with Gasteiger partial charge in [0.2, 0.25) is 0 Å². The van der Waals surface area contributed by atoms with E-state index < -0.39 is 17.5 Å². The van der Waals surface area contributed by atoms with Crippen molar-refractivity contribution in [2.24, 2.45) is 0 Å². The normalized spacial score (nSPS) is 10.9. The van der Waals surface area contributed by atoms with Crippen molar-refractivity contribution in [1.29, 1.82) is 0 Å². The number of methoxy groups -OCH3 is 1. The number of alkyl halides is 2. The Morgan fingerprint density at radius 2 is 2.04 bits per heavy atom. The molecule has 148 valence electrons. The number of rotatable bonds is 8. The molecule has 0 fully saturated rings. The van der Waals surface area contributed by atoms with Gasteiger partial charge in [-0.25, -0.2) is 9.78 Å². The number of esters is 1. The second kappa shape index (κ2) is 9.40. The Balaban J connectivity index is 2.37. The van der Waals surface area contributed by atoms with Crippen LogP contribution in [0.1, 0.15) is 28.5 Å². The molecule has 0 atom stereocenters. The lowest BCUT2D eigenvalue weighted by atomic mass is 10.1. The monoisotopic (exact) mass is 394 g/mol. The number of benzene rings is 1. The third-order valence-corrected chi connectivity index (χ3v) is 3.45. The Hall–Kier alpha value is -3.56. The fraction of sp³-hybridized carbons (Fsp3) is 0.222. The first-order valence-electron chi connectivity index (χ1n) is 7.98. The third-order valence-electron chi connectivity index (χ3n) is 3.45. The Morgan fingerprint density at radius 1 is 1.29 bits per heavy atom. The van der Waals surface area contributed by atoms with Crippen LogP contribution in [0.5, 0.6) is 11.5 Å². The van der Waals surface area contributed by atoms with Gasteiger partial charge in [-0.05, 0) is 30.7 Å². The first-order chi connectivity index (χ1) is 13.3. The highest BCUT2D eigenvalue weighted by Gasteiger charge is 2.18. The molecule has 0 spiro atoms. The summed E-state index contributed by atoms with van der Waals surface area (Å²) in [5.74, 6) is -0.795. The van der Waals surface area contributed by atoms with E-state index in [1.807, 2.05) is 0 Å². The average molecular weight is 394 g/mol. The van der Waals surface area contributed by atoms with Gasteiger partial charge in [0, 0.05) is 6.07 Å². The lowest BCUT2D eigenvalue weighted by Gasteiger charge is -2.10. The average Bonchev–Trinajstić information content (AvgIpc) is 2.66. The van der Waals surface area contributed by atoms with E-state index >= 15 is 0 Å². The number of carbonyl (C=O) groups excluding carboxylic acids is 1. The van der Waals surface area contributed by atoms with E-state index in [4.69, 9.17) is 9.47 Å². The summed E-state index contributed by atoms with van der Waals surface area (Å²) in [7, 11) is 1.30. The van der Waals surface area contributed by atoms with Gasteiger partial charge < -0.3 is 14.2 Å². The maximum atomic E-state index is 12.4. The van der Waals surface area contributed by atoms with E-state index in [1.165, 1.54) is 37.5 Å². The van der Waals surface area contributed by atoms with E-state index in [9.17, 15) is 23.7 Å². The molecule has 28 heavy (non-hydrogen) atoms. The Bertz CT molecular complexity index is 902. The summed E-state index contributed by atoms with van der Waals surface area (Å²) in [4.78, 5) is 26.3. The maximum Gasteiger partial charge on any atom is 0.387 e. The van der Waals surface area contributed by atoms with Crippen LogP contribution in [0.15, 0.2) is 30.5 Å². The number of hydrogen-bond donors (Lipinski definition) is 0. The molecule has 8 nitrogen and oxygen atoms in total. The largest absolute Gasteiger partial charge is 0.493 e. The molecule has 0 amide bonds. The first-order valence-corrected chi connectivity index (χ1v) is 7.98. The number of ether oxygens (including phenoxy) is 3. The van der Waals surface area contributed by atoms with Gasteiger partial charge in [0.05, 0.1) is 29.9 Å². The predicted octanol–water partition coefficient (Wildman–Crippen LogP) is 3.95. The number of nitro groups is 1. The molecule has 2 rings (SSSR count). The topological polar surface area (TPSA) is 101 Å². The Kier molecular flexibility index (Phi) is 6.96. The fourth-order valence-corrected chi connectivity index (χ4v) is 2.23. The van der Waals surface area contributed by atoms with Crippen molar-refractivity contribution in [1.82, 2.24) is 4.98 Å². The molecule has 1 aromatic heterocycles. The summed E-state index contributed by atoms with van der Waals surface area (Å²) in [6, 6.07) is 5.32. The number of halogens is 2. The summed E-state index contributed by atoms with van der Waals surface area (Å²) in [6.45, 7) is -1.30. The van der Waals surface area contributed by atoms with Crippen LogP contribution in [0.2, 0.25) is 0 Å².